The van der Waals surface area contributed by atoms with Crippen LogP contribution in [0.15, 0.2) is 55.1 Å². The lowest BCUT2D eigenvalue weighted by Gasteiger charge is -2.06. The fourth-order valence-corrected chi connectivity index (χ4v) is 2.14. The number of ether oxygens (including phenoxy) is 1. The first kappa shape index (κ1) is 13.2. The SMILES string of the molecule is COc1cc(Cn2cc(-c3cccnc3)cn2)ccc1O. The van der Waals surface area contributed by atoms with E-state index >= 15 is 0 Å². The second kappa shape index (κ2) is 5.66. The molecule has 0 aliphatic heterocycles. The van der Waals surface area contributed by atoms with Gasteiger partial charge >= 0.3 is 0 Å². The molecule has 0 fully saturated rings. The van der Waals surface area contributed by atoms with Gasteiger partial charge in [-0.25, -0.2) is 0 Å². The largest absolute Gasteiger partial charge is 0.504 e. The molecule has 0 spiro atoms. The van der Waals surface area contributed by atoms with E-state index < -0.39 is 0 Å². The van der Waals surface area contributed by atoms with E-state index in [9.17, 15) is 5.11 Å². The minimum atomic E-state index is 0.137. The minimum absolute atomic E-state index is 0.137. The van der Waals surface area contributed by atoms with Gasteiger partial charge < -0.3 is 9.84 Å². The first-order chi connectivity index (χ1) is 10.3. The summed E-state index contributed by atoms with van der Waals surface area (Å²) >= 11 is 0. The predicted octanol–water partition coefficient (Wildman–Crippen LogP) is 2.71. The molecule has 0 atom stereocenters. The number of phenols is 1. The maximum atomic E-state index is 9.60. The number of rotatable bonds is 4. The summed E-state index contributed by atoms with van der Waals surface area (Å²) < 4.78 is 6.95. The third-order valence-electron chi connectivity index (χ3n) is 3.22. The van der Waals surface area contributed by atoms with Gasteiger partial charge in [0, 0.05) is 29.7 Å². The second-order valence-corrected chi connectivity index (χ2v) is 4.67. The average Bonchev–Trinajstić information content (AvgIpc) is 2.98. The Kier molecular flexibility index (Phi) is 3.55. The van der Waals surface area contributed by atoms with Gasteiger partial charge in [0.25, 0.3) is 0 Å². The Bertz CT molecular complexity index is 738. The number of methoxy groups -OCH3 is 1. The van der Waals surface area contributed by atoms with Crippen molar-refractivity contribution in [1.82, 2.24) is 14.8 Å². The molecule has 2 heterocycles. The van der Waals surface area contributed by atoms with Crippen molar-refractivity contribution in [2.24, 2.45) is 0 Å². The molecule has 0 amide bonds. The molecule has 3 aromatic rings. The zero-order valence-electron chi connectivity index (χ0n) is 11.6. The van der Waals surface area contributed by atoms with Crippen LogP contribution in [0.4, 0.5) is 0 Å². The van der Waals surface area contributed by atoms with E-state index in [4.69, 9.17) is 4.74 Å². The van der Waals surface area contributed by atoms with Crippen LogP contribution in [0.5, 0.6) is 11.5 Å². The lowest BCUT2D eigenvalue weighted by Crippen LogP contribution is -2.00. The van der Waals surface area contributed by atoms with Crippen LogP contribution >= 0.6 is 0 Å². The van der Waals surface area contributed by atoms with Crippen LogP contribution in [0.3, 0.4) is 0 Å². The van der Waals surface area contributed by atoms with Crippen LogP contribution in [0.25, 0.3) is 11.1 Å². The van der Waals surface area contributed by atoms with Gasteiger partial charge in [0.2, 0.25) is 0 Å². The number of hydrogen-bond acceptors (Lipinski definition) is 4. The molecule has 0 bridgehead atoms. The molecule has 0 aliphatic carbocycles. The molecule has 0 saturated carbocycles. The summed E-state index contributed by atoms with van der Waals surface area (Å²) in [6.45, 7) is 0.608. The first-order valence-corrected chi connectivity index (χ1v) is 6.55. The first-order valence-electron chi connectivity index (χ1n) is 6.55. The number of hydrogen-bond donors (Lipinski definition) is 1. The van der Waals surface area contributed by atoms with Crippen molar-refractivity contribution in [1.29, 1.82) is 0 Å². The standard InChI is InChI=1S/C16H15N3O2/c1-21-16-7-12(4-5-15(16)20)10-19-11-14(9-18-19)13-3-2-6-17-8-13/h2-9,11,20H,10H2,1H3. The molecular formula is C16H15N3O2. The highest BCUT2D eigenvalue weighted by Gasteiger charge is 2.05. The summed E-state index contributed by atoms with van der Waals surface area (Å²) in [5.74, 6) is 0.602. The fourth-order valence-electron chi connectivity index (χ4n) is 2.14. The molecular weight excluding hydrogens is 266 g/mol. The quantitative estimate of drug-likeness (QED) is 0.798. The van der Waals surface area contributed by atoms with E-state index in [1.807, 2.05) is 41.5 Å². The molecule has 2 aromatic heterocycles. The fraction of sp³-hybridized carbons (Fsp3) is 0.125. The summed E-state index contributed by atoms with van der Waals surface area (Å²) in [6, 6.07) is 9.18. The topological polar surface area (TPSA) is 60.2 Å². The zero-order chi connectivity index (χ0) is 14.7. The highest BCUT2D eigenvalue weighted by molar-refractivity contribution is 5.60. The zero-order valence-corrected chi connectivity index (χ0v) is 11.6. The molecule has 1 aromatic carbocycles. The summed E-state index contributed by atoms with van der Waals surface area (Å²) in [5, 5.41) is 14.0. The second-order valence-electron chi connectivity index (χ2n) is 4.67. The molecule has 5 heteroatoms. The van der Waals surface area contributed by atoms with Crippen LogP contribution in [-0.4, -0.2) is 27.0 Å². The number of pyridine rings is 1. The Morgan fingerprint density at radius 1 is 1.19 bits per heavy atom. The molecule has 5 nitrogen and oxygen atoms in total. The van der Waals surface area contributed by atoms with Crippen molar-refractivity contribution in [2.75, 3.05) is 7.11 Å². The summed E-state index contributed by atoms with van der Waals surface area (Å²) in [6.07, 6.45) is 7.34. The summed E-state index contributed by atoms with van der Waals surface area (Å²) in [5.41, 5.74) is 3.06. The van der Waals surface area contributed by atoms with Crippen LogP contribution in [-0.2, 0) is 6.54 Å². The summed E-state index contributed by atoms with van der Waals surface area (Å²) in [7, 11) is 1.53. The number of phenolic OH excluding ortho intramolecular Hbond substituents is 1. The third kappa shape index (κ3) is 2.86. The average molecular weight is 281 g/mol. The molecule has 21 heavy (non-hydrogen) atoms. The normalized spacial score (nSPS) is 10.5. The van der Waals surface area contributed by atoms with Crippen LogP contribution in [0.1, 0.15) is 5.56 Å². The van der Waals surface area contributed by atoms with Gasteiger partial charge in [0.05, 0.1) is 19.9 Å². The molecule has 0 unspecified atom stereocenters. The van der Waals surface area contributed by atoms with Gasteiger partial charge in [-0.3, -0.25) is 9.67 Å². The van der Waals surface area contributed by atoms with Crippen molar-refractivity contribution < 1.29 is 9.84 Å². The monoisotopic (exact) mass is 281 g/mol. The van der Waals surface area contributed by atoms with Gasteiger partial charge in [-0.05, 0) is 23.8 Å². The molecule has 1 N–H and O–H groups in total. The van der Waals surface area contributed by atoms with Gasteiger partial charge in [0.15, 0.2) is 11.5 Å². The number of nitrogens with zero attached hydrogens (tertiary/aromatic N) is 3. The van der Waals surface area contributed by atoms with E-state index in [-0.39, 0.29) is 5.75 Å². The van der Waals surface area contributed by atoms with Crippen molar-refractivity contribution >= 4 is 0 Å². The van der Waals surface area contributed by atoms with Gasteiger partial charge in [-0.1, -0.05) is 12.1 Å². The minimum Gasteiger partial charge on any atom is -0.504 e. The Labute approximate surface area is 122 Å². The van der Waals surface area contributed by atoms with Crippen molar-refractivity contribution in [3.8, 4) is 22.6 Å². The summed E-state index contributed by atoms with van der Waals surface area (Å²) in [4.78, 5) is 4.11. The Morgan fingerprint density at radius 3 is 2.86 bits per heavy atom. The molecule has 0 saturated heterocycles. The Balaban J connectivity index is 1.82. The van der Waals surface area contributed by atoms with Crippen LogP contribution < -0.4 is 4.74 Å². The lowest BCUT2D eigenvalue weighted by atomic mass is 10.2. The third-order valence-corrected chi connectivity index (χ3v) is 3.22. The maximum absolute atomic E-state index is 9.60. The molecule has 0 radical (unpaired) electrons. The lowest BCUT2D eigenvalue weighted by molar-refractivity contribution is 0.372. The van der Waals surface area contributed by atoms with E-state index in [1.165, 1.54) is 7.11 Å². The van der Waals surface area contributed by atoms with E-state index in [1.54, 1.807) is 18.3 Å². The highest BCUT2D eigenvalue weighted by Crippen LogP contribution is 2.26. The van der Waals surface area contributed by atoms with Crippen LogP contribution in [0, 0.1) is 0 Å². The molecule has 106 valence electrons. The number of benzene rings is 1. The van der Waals surface area contributed by atoms with E-state index in [2.05, 4.69) is 10.1 Å². The number of aromatic hydroxyl groups is 1. The van der Waals surface area contributed by atoms with Crippen LogP contribution in [0.2, 0.25) is 0 Å². The predicted molar refractivity (Wildman–Crippen MR) is 79.2 cm³/mol. The van der Waals surface area contributed by atoms with Gasteiger partial charge in [-0.2, -0.15) is 5.10 Å². The van der Waals surface area contributed by atoms with Crippen molar-refractivity contribution in [2.45, 2.75) is 6.54 Å². The van der Waals surface area contributed by atoms with Crippen molar-refractivity contribution in [3.63, 3.8) is 0 Å². The number of aromatic nitrogens is 3. The van der Waals surface area contributed by atoms with Crippen molar-refractivity contribution in [3.05, 3.63) is 60.7 Å². The maximum Gasteiger partial charge on any atom is 0.160 e. The van der Waals surface area contributed by atoms with E-state index in [0.717, 1.165) is 16.7 Å². The highest BCUT2D eigenvalue weighted by atomic mass is 16.5. The smallest absolute Gasteiger partial charge is 0.160 e. The Hall–Kier alpha value is -2.82. The molecule has 0 aliphatic rings. The molecule has 3 rings (SSSR count). The Morgan fingerprint density at radius 2 is 2.10 bits per heavy atom. The van der Waals surface area contributed by atoms with Gasteiger partial charge in [-0.15, -0.1) is 0 Å². The van der Waals surface area contributed by atoms with Gasteiger partial charge in [0.1, 0.15) is 0 Å². The van der Waals surface area contributed by atoms with E-state index in [0.29, 0.717) is 12.3 Å².